The maximum atomic E-state index is 13.6. The topological polar surface area (TPSA) is 118 Å². The van der Waals surface area contributed by atoms with E-state index in [0.717, 1.165) is 11.6 Å². The second-order valence-electron chi connectivity index (χ2n) is 7.37. The maximum absolute atomic E-state index is 13.6. The van der Waals surface area contributed by atoms with Gasteiger partial charge in [0.25, 0.3) is 5.91 Å². The minimum absolute atomic E-state index is 0.121. The Morgan fingerprint density at radius 2 is 1.75 bits per heavy atom. The number of methoxy groups -OCH3 is 1. The Kier molecular flexibility index (Phi) is 9.33. The molecule has 0 unspecified atom stereocenters. The lowest BCUT2D eigenvalue weighted by Crippen LogP contribution is -2.32. The van der Waals surface area contributed by atoms with E-state index in [1.165, 1.54) is 31.5 Å². The molecule has 0 aromatic heterocycles. The van der Waals surface area contributed by atoms with Crippen LogP contribution in [-0.4, -0.2) is 37.7 Å². The van der Waals surface area contributed by atoms with E-state index in [4.69, 9.17) is 9.47 Å². The van der Waals surface area contributed by atoms with E-state index in [1.54, 1.807) is 24.3 Å². The number of aryl methyl sites for hydroxylation is 1. The van der Waals surface area contributed by atoms with Crippen molar-refractivity contribution in [1.29, 1.82) is 0 Å². The molecular weight excluding hydrogens is 582 g/mol. The van der Waals surface area contributed by atoms with Gasteiger partial charge in [0.05, 0.1) is 22.6 Å². The molecule has 3 amide bonds. The first-order chi connectivity index (χ1) is 17.3. The summed E-state index contributed by atoms with van der Waals surface area (Å²) < 4.78 is 25.3. The van der Waals surface area contributed by atoms with Crippen LogP contribution in [0.15, 0.2) is 65.8 Å². The van der Waals surface area contributed by atoms with E-state index in [9.17, 15) is 18.8 Å². The zero-order chi connectivity index (χ0) is 26.1. The van der Waals surface area contributed by atoms with Crippen molar-refractivity contribution in [2.24, 2.45) is 5.10 Å². The largest absolute Gasteiger partial charge is 0.493 e. The second-order valence-corrected chi connectivity index (χ2v) is 8.53. The van der Waals surface area contributed by atoms with Crippen molar-refractivity contribution in [3.63, 3.8) is 0 Å². The number of carbonyl (C=O) groups is 3. The third-order valence-electron chi connectivity index (χ3n) is 4.64. The molecule has 0 bridgehead atoms. The van der Waals surface area contributed by atoms with Crippen molar-refractivity contribution < 1.29 is 28.2 Å². The van der Waals surface area contributed by atoms with E-state index in [0.29, 0.717) is 26.3 Å². The van der Waals surface area contributed by atoms with E-state index >= 15 is 0 Å². The molecule has 0 aliphatic rings. The molecule has 0 heterocycles. The summed E-state index contributed by atoms with van der Waals surface area (Å²) >= 11 is 2.01. The Bertz CT molecular complexity index is 1300. The summed E-state index contributed by atoms with van der Waals surface area (Å²) in [5, 5.41) is 8.67. The minimum Gasteiger partial charge on any atom is -0.493 e. The standard InChI is InChI=1S/C25H22FIN4O5/c1-15-7-9-17(10-8-15)29-22(32)14-36-23-19(27)11-16(12-21(23)35-2)13-28-31-25(34)24(33)30-20-6-4-3-5-18(20)26/h3-13H,14H2,1-2H3,(H,29,32)(H,30,33)(H,31,34)/b28-13-. The zero-order valence-electron chi connectivity index (χ0n) is 19.3. The fourth-order valence-corrected chi connectivity index (χ4v) is 3.67. The molecule has 36 heavy (non-hydrogen) atoms. The monoisotopic (exact) mass is 604 g/mol. The van der Waals surface area contributed by atoms with Crippen LogP contribution in [0.25, 0.3) is 0 Å². The summed E-state index contributed by atoms with van der Waals surface area (Å²) in [6, 6.07) is 16.1. The van der Waals surface area contributed by atoms with Crippen LogP contribution >= 0.6 is 22.6 Å². The van der Waals surface area contributed by atoms with E-state index in [-0.39, 0.29) is 18.2 Å². The molecule has 3 rings (SSSR count). The van der Waals surface area contributed by atoms with Gasteiger partial charge < -0.3 is 20.1 Å². The van der Waals surface area contributed by atoms with Gasteiger partial charge in [-0.15, -0.1) is 0 Å². The first-order valence-electron chi connectivity index (χ1n) is 10.5. The van der Waals surface area contributed by atoms with Crippen LogP contribution in [0, 0.1) is 16.3 Å². The van der Waals surface area contributed by atoms with Crippen LogP contribution in [-0.2, 0) is 14.4 Å². The van der Waals surface area contributed by atoms with Gasteiger partial charge in [0.15, 0.2) is 18.1 Å². The van der Waals surface area contributed by atoms with Crippen molar-refractivity contribution in [3.05, 3.63) is 81.2 Å². The van der Waals surface area contributed by atoms with E-state index in [1.807, 2.05) is 41.6 Å². The highest BCUT2D eigenvalue weighted by Crippen LogP contribution is 2.33. The second kappa shape index (κ2) is 12.6. The Morgan fingerprint density at radius 1 is 1.03 bits per heavy atom. The first kappa shape index (κ1) is 26.6. The molecule has 0 spiro atoms. The van der Waals surface area contributed by atoms with Crippen LogP contribution in [0.4, 0.5) is 15.8 Å². The number of halogens is 2. The Morgan fingerprint density at radius 3 is 2.44 bits per heavy atom. The maximum Gasteiger partial charge on any atom is 0.329 e. The molecule has 3 aromatic rings. The van der Waals surface area contributed by atoms with Gasteiger partial charge in [-0.2, -0.15) is 5.10 Å². The molecule has 0 aliphatic carbocycles. The van der Waals surface area contributed by atoms with E-state index in [2.05, 4.69) is 21.2 Å². The Hall–Kier alpha value is -4.00. The Balaban J connectivity index is 1.58. The number of benzene rings is 3. The average molecular weight is 604 g/mol. The number of hydrazone groups is 1. The summed E-state index contributed by atoms with van der Waals surface area (Å²) in [6.07, 6.45) is 1.30. The fraction of sp³-hybridized carbons (Fsp3) is 0.120. The molecule has 0 saturated heterocycles. The van der Waals surface area contributed by atoms with Crippen molar-refractivity contribution in [2.75, 3.05) is 24.4 Å². The SMILES string of the molecule is COc1cc(/C=N\NC(=O)C(=O)Nc2ccccc2F)cc(I)c1OCC(=O)Nc1ccc(C)cc1. The minimum atomic E-state index is -1.07. The molecule has 3 N–H and O–H groups in total. The number of para-hydroxylation sites is 1. The molecule has 9 nitrogen and oxygen atoms in total. The van der Waals surface area contributed by atoms with Gasteiger partial charge in [0.2, 0.25) is 0 Å². The molecule has 0 saturated carbocycles. The van der Waals surface area contributed by atoms with Crippen molar-refractivity contribution in [1.82, 2.24) is 5.43 Å². The number of rotatable bonds is 8. The third-order valence-corrected chi connectivity index (χ3v) is 5.44. The zero-order valence-corrected chi connectivity index (χ0v) is 21.5. The summed E-state index contributed by atoms with van der Waals surface area (Å²) in [7, 11) is 1.44. The lowest BCUT2D eigenvalue weighted by Gasteiger charge is -2.13. The number of anilines is 2. The van der Waals surface area contributed by atoms with Gasteiger partial charge in [0.1, 0.15) is 5.82 Å². The number of carbonyl (C=O) groups excluding carboxylic acids is 3. The van der Waals surface area contributed by atoms with Gasteiger partial charge in [-0.05, 0) is 71.5 Å². The molecule has 3 aromatic carbocycles. The lowest BCUT2D eigenvalue weighted by atomic mass is 10.2. The van der Waals surface area contributed by atoms with Gasteiger partial charge in [0, 0.05) is 5.69 Å². The summed E-state index contributed by atoms with van der Waals surface area (Å²) in [5.41, 5.74) is 4.23. The summed E-state index contributed by atoms with van der Waals surface area (Å²) in [5.74, 6) is -2.44. The number of nitrogens with one attached hydrogen (secondary N) is 3. The van der Waals surface area contributed by atoms with Gasteiger partial charge in [-0.3, -0.25) is 14.4 Å². The van der Waals surface area contributed by atoms with Gasteiger partial charge in [-0.1, -0.05) is 29.8 Å². The quantitative estimate of drug-likeness (QED) is 0.156. The van der Waals surface area contributed by atoms with Crippen LogP contribution in [0.2, 0.25) is 0 Å². The van der Waals surface area contributed by atoms with Crippen LogP contribution in [0.5, 0.6) is 11.5 Å². The number of nitrogens with zero attached hydrogens (tertiary/aromatic N) is 1. The highest BCUT2D eigenvalue weighted by Gasteiger charge is 2.16. The van der Waals surface area contributed by atoms with Crippen molar-refractivity contribution in [2.45, 2.75) is 6.92 Å². The normalized spacial score (nSPS) is 10.6. The lowest BCUT2D eigenvalue weighted by molar-refractivity contribution is -0.136. The van der Waals surface area contributed by atoms with E-state index < -0.39 is 17.6 Å². The highest BCUT2D eigenvalue weighted by atomic mass is 127. The van der Waals surface area contributed by atoms with Crippen LogP contribution in [0.3, 0.4) is 0 Å². The summed E-state index contributed by atoms with van der Waals surface area (Å²) in [6.45, 7) is 1.72. The number of amides is 3. The number of hydrogen-bond donors (Lipinski definition) is 3. The van der Waals surface area contributed by atoms with Gasteiger partial charge >= 0.3 is 11.8 Å². The number of hydrogen-bond acceptors (Lipinski definition) is 6. The van der Waals surface area contributed by atoms with Crippen molar-refractivity contribution >= 4 is 57.9 Å². The average Bonchev–Trinajstić information content (AvgIpc) is 2.85. The molecule has 11 heteroatoms. The molecule has 0 aliphatic heterocycles. The van der Waals surface area contributed by atoms with Gasteiger partial charge in [-0.25, -0.2) is 9.82 Å². The van der Waals surface area contributed by atoms with Crippen LogP contribution < -0.4 is 25.5 Å². The van der Waals surface area contributed by atoms with Crippen molar-refractivity contribution in [3.8, 4) is 11.5 Å². The molecule has 186 valence electrons. The molecule has 0 atom stereocenters. The smallest absolute Gasteiger partial charge is 0.329 e. The molecular formula is C25H22FIN4O5. The first-order valence-corrected chi connectivity index (χ1v) is 11.6. The highest BCUT2D eigenvalue weighted by molar-refractivity contribution is 14.1. The molecule has 0 fully saturated rings. The number of ether oxygens (including phenoxy) is 2. The third kappa shape index (κ3) is 7.50. The fourth-order valence-electron chi connectivity index (χ4n) is 2.88. The molecule has 0 radical (unpaired) electrons. The summed E-state index contributed by atoms with van der Waals surface area (Å²) in [4.78, 5) is 36.1. The Labute approximate surface area is 220 Å². The predicted molar refractivity (Wildman–Crippen MR) is 142 cm³/mol. The predicted octanol–water partition coefficient (Wildman–Crippen LogP) is 3.85. The van der Waals surface area contributed by atoms with Crippen LogP contribution in [0.1, 0.15) is 11.1 Å².